The molecule has 6 nitrogen and oxygen atoms in total. The predicted molar refractivity (Wildman–Crippen MR) is 107 cm³/mol. The van der Waals surface area contributed by atoms with Gasteiger partial charge in [0, 0.05) is 22.4 Å². The van der Waals surface area contributed by atoms with Gasteiger partial charge in [0.15, 0.2) is 0 Å². The fourth-order valence-corrected chi connectivity index (χ4v) is 2.54. The maximum atomic E-state index is 12.9. The minimum absolute atomic E-state index is 0.200. The number of carbonyl (C=O) groups is 3. The van der Waals surface area contributed by atoms with Crippen LogP contribution in [0, 0.1) is 12.7 Å². The predicted octanol–water partition coefficient (Wildman–Crippen LogP) is 3.46. The summed E-state index contributed by atoms with van der Waals surface area (Å²) in [6, 6.07) is 18.4. The third-order valence-electron chi connectivity index (χ3n) is 4.18. The molecule has 0 atom stereocenters. The fraction of sp³-hybridized carbons (Fsp3) is 0.0455. The summed E-state index contributed by atoms with van der Waals surface area (Å²) in [4.78, 5) is 36.7. The van der Waals surface area contributed by atoms with Crippen LogP contribution in [0.25, 0.3) is 0 Å². The highest BCUT2D eigenvalue weighted by Crippen LogP contribution is 2.18. The Morgan fingerprint density at radius 2 is 1.24 bits per heavy atom. The van der Waals surface area contributed by atoms with Gasteiger partial charge in [-0.3, -0.25) is 25.2 Å². The molecule has 3 rings (SSSR count). The maximum Gasteiger partial charge on any atom is 0.269 e. The molecular formula is C22H18FN3O3. The average Bonchev–Trinajstić information content (AvgIpc) is 2.74. The molecule has 0 bridgehead atoms. The molecule has 0 heterocycles. The zero-order valence-electron chi connectivity index (χ0n) is 15.5. The third kappa shape index (κ3) is 5.04. The summed E-state index contributed by atoms with van der Waals surface area (Å²) >= 11 is 0. The summed E-state index contributed by atoms with van der Waals surface area (Å²) < 4.78 is 12.9. The Kier molecular flexibility index (Phi) is 5.99. The fourth-order valence-electron chi connectivity index (χ4n) is 2.54. The van der Waals surface area contributed by atoms with Gasteiger partial charge in [0.1, 0.15) is 5.82 Å². The molecule has 3 aromatic carbocycles. The van der Waals surface area contributed by atoms with Crippen molar-refractivity contribution in [2.75, 3.05) is 5.32 Å². The maximum absolute atomic E-state index is 12.9. The number of hydrazine groups is 1. The van der Waals surface area contributed by atoms with E-state index in [9.17, 15) is 18.8 Å². The second-order valence-electron chi connectivity index (χ2n) is 6.26. The Hall–Kier alpha value is -4.00. The number of anilines is 1. The number of hydrogen-bond donors (Lipinski definition) is 3. The van der Waals surface area contributed by atoms with Crippen LogP contribution in [0.2, 0.25) is 0 Å². The molecule has 0 aromatic heterocycles. The van der Waals surface area contributed by atoms with Crippen LogP contribution in [0.1, 0.15) is 36.6 Å². The van der Waals surface area contributed by atoms with E-state index in [0.29, 0.717) is 11.3 Å². The summed E-state index contributed by atoms with van der Waals surface area (Å²) in [5, 5.41) is 2.78. The van der Waals surface area contributed by atoms with Crippen LogP contribution < -0.4 is 16.2 Å². The lowest BCUT2D eigenvalue weighted by Crippen LogP contribution is -2.41. The largest absolute Gasteiger partial charge is 0.322 e. The Labute approximate surface area is 166 Å². The number of nitrogens with one attached hydrogen (secondary N) is 3. The molecule has 0 fully saturated rings. The standard InChI is InChI=1S/C22H18FN3O3/c1-14-7-8-17(13-19(14)24-20(27)15-5-3-2-4-6-15)22(29)26-25-21(28)16-9-11-18(23)12-10-16/h2-13H,1H3,(H,24,27)(H,25,28)(H,26,29). The first-order valence-corrected chi connectivity index (χ1v) is 8.77. The molecule has 0 unspecified atom stereocenters. The number of benzene rings is 3. The first-order chi connectivity index (χ1) is 13.9. The van der Waals surface area contributed by atoms with E-state index in [4.69, 9.17) is 0 Å². The molecule has 0 aliphatic rings. The summed E-state index contributed by atoms with van der Waals surface area (Å²) in [7, 11) is 0. The molecule has 3 aromatic rings. The van der Waals surface area contributed by atoms with Crippen molar-refractivity contribution in [2.45, 2.75) is 6.92 Å². The van der Waals surface area contributed by atoms with E-state index < -0.39 is 17.6 Å². The van der Waals surface area contributed by atoms with Crippen LogP contribution in [0.4, 0.5) is 10.1 Å². The monoisotopic (exact) mass is 391 g/mol. The summed E-state index contributed by atoms with van der Waals surface area (Å²) in [6.07, 6.45) is 0. The molecular weight excluding hydrogens is 373 g/mol. The zero-order chi connectivity index (χ0) is 20.8. The molecule has 0 aliphatic carbocycles. The van der Waals surface area contributed by atoms with Crippen LogP contribution in [-0.4, -0.2) is 17.7 Å². The van der Waals surface area contributed by atoms with Gasteiger partial charge in [-0.05, 0) is 61.0 Å². The number of halogens is 1. The summed E-state index contributed by atoms with van der Waals surface area (Å²) in [5.41, 5.74) is 6.77. The van der Waals surface area contributed by atoms with Crippen molar-refractivity contribution >= 4 is 23.4 Å². The summed E-state index contributed by atoms with van der Waals surface area (Å²) in [6.45, 7) is 1.80. The van der Waals surface area contributed by atoms with Gasteiger partial charge in [0.25, 0.3) is 17.7 Å². The first kappa shape index (κ1) is 19.8. The Morgan fingerprint density at radius 1 is 0.690 bits per heavy atom. The number of amides is 3. The van der Waals surface area contributed by atoms with E-state index in [1.165, 1.54) is 18.2 Å². The van der Waals surface area contributed by atoms with E-state index in [0.717, 1.165) is 17.7 Å². The van der Waals surface area contributed by atoms with Gasteiger partial charge in [-0.2, -0.15) is 0 Å². The molecule has 0 saturated carbocycles. The Bertz CT molecular complexity index is 1050. The second-order valence-corrected chi connectivity index (χ2v) is 6.26. The molecule has 29 heavy (non-hydrogen) atoms. The average molecular weight is 391 g/mol. The first-order valence-electron chi connectivity index (χ1n) is 8.77. The second kappa shape index (κ2) is 8.79. The van der Waals surface area contributed by atoms with Crippen molar-refractivity contribution in [2.24, 2.45) is 0 Å². The van der Waals surface area contributed by atoms with Crippen molar-refractivity contribution in [3.63, 3.8) is 0 Å². The lowest BCUT2D eigenvalue weighted by molar-refractivity contribution is 0.0846. The molecule has 7 heteroatoms. The van der Waals surface area contributed by atoms with Crippen LogP contribution in [-0.2, 0) is 0 Å². The quantitative estimate of drug-likeness (QED) is 0.595. The van der Waals surface area contributed by atoms with E-state index in [2.05, 4.69) is 16.2 Å². The Morgan fingerprint density at radius 3 is 1.90 bits per heavy atom. The normalized spacial score (nSPS) is 10.1. The van der Waals surface area contributed by atoms with Crippen molar-refractivity contribution in [1.29, 1.82) is 0 Å². The smallest absolute Gasteiger partial charge is 0.269 e. The minimum atomic E-state index is -0.580. The van der Waals surface area contributed by atoms with Crippen molar-refractivity contribution in [1.82, 2.24) is 10.9 Å². The SMILES string of the molecule is Cc1ccc(C(=O)NNC(=O)c2ccc(F)cc2)cc1NC(=O)c1ccccc1. The van der Waals surface area contributed by atoms with Gasteiger partial charge in [0.2, 0.25) is 0 Å². The lowest BCUT2D eigenvalue weighted by atomic mass is 10.1. The highest BCUT2D eigenvalue weighted by atomic mass is 19.1. The zero-order valence-corrected chi connectivity index (χ0v) is 15.5. The van der Waals surface area contributed by atoms with E-state index >= 15 is 0 Å². The molecule has 0 radical (unpaired) electrons. The van der Waals surface area contributed by atoms with E-state index in [-0.39, 0.29) is 17.0 Å². The third-order valence-corrected chi connectivity index (χ3v) is 4.18. The number of rotatable bonds is 4. The van der Waals surface area contributed by atoms with E-state index in [1.54, 1.807) is 43.3 Å². The van der Waals surface area contributed by atoms with Crippen molar-refractivity contribution < 1.29 is 18.8 Å². The number of hydrogen-bond acceptors (Lipinski definition) is 3. The van der Waals surface area contributed by atoms with Crippen LogP contribution in [0.15, 0.2) is 72.8 Å². The highest BCUT2D eigenvalue weighted by molar-refractivity contribution is 6.05. The van der Waals surface area contributed by atoms with Crippen LogP contribution in [0.5, 0.6) is 0 Å². The van der Waals surface area contributed by atoms with Crippen LogP contribution in [0.3, 0.4) is 0 Å². The molecule has 0 saturated heterocycles. The summed E-state index contributed by atoms with van der Waals surface area (Å²) in [5.74, 6) is -1.90. The molecule has 0 spiro atoms. The van der Waals surface area contributed by atoms with Gasteiger partial charge >= 0.3 is 0 Å². The topological polar surface area (TPSA) is 87.3 Å². The number of aryl methyl sites for hydroxylation is 1. The van der Waals surface area contributed by atoms with Gasteiger partial charge in [-0.25, -0.2) is 4.39 Å². The van der Waals surface area contributed by atoms with E-state index in [1.807, 2.05) is 6.07 Å². The van der Waals surface area contributed by atoms with Gasteiger partial charge in [0.05, 0.1) is 0 Å². The van der Waals surface area contributed by atoms with Crippen LogP contribution >= 0.6 is 0 Å². The molecule has 3 N–H and O–H groups in total. The number of carbonyl (C=O) groups excluding carboxylic acids is 3. The highest BCUT2D eigenvalue weighted by Gasteiger charge is 2.13. The Balaban J connectivity index is 1.66. The minimum Gasteiger partial charge on any atom is -0.322 e. The molecule has 146 valence electrons. The lowest BCUT2D eigenvalue weighted by Gasteiger charge is -2.12. The van der Waals surface area contributed by atoms with Gasteiger partial charge in [-0.1, -0.05) is 24.3 Å². The van der Waals surface area contributed by atoms with Gasteiger partial charge < -0.3 is 5.32 Å². The van der Waals surface area contributed by atoms with Crippen molar-refractivity contribution in [3.8, 4) is 0 Å². The molecule has 0 aliphatic heterocycles. The van der Waals surface area contributed by atoms with Crippen molar-refractivity contribution in [3.05, 3.63) is 101 Å². The van der Waals surface area contributed by atoms with Gasteiger partial charge in [-0.15, -0.1) is 0 Å². The molecule has 3 amide bonds.